The van der Waals surface area contributed by atoms with Gasteiger partial charge in [-0.25, -0.2) is 5.48 Å². The van der Waals surface area contributed by atoms with Crippen LogP contribution in [-0.4, -0.2) is 18.9 Å². The number of nitrogens with one attached hydrogen (secondary N) is 1. The fourth-order valence-electron chi connectivity index (χ4n) is 0.722. The number of amides is 1. The van der Waals surface area contributed by atoms with Crippen LogP contribution in [0.5, 0.6) is 0 Å². The first-order chi connectivity index (χ1) is 5.31. The molecule has 0 aromatic rings. The van der Waals surface area contributed by atoms with E-state index in [4.69, 9.17) is 11.6 Å². The van der Waals surface area contributed by atoms with E-state index in [1.165, 1.54) is 7.11 Å². The third-order valence-electron chi connectivity index (χ3n) is 1.25. The van der Waals surface area contributed by atoms with E-state index in [0.717, 1.165) is 19.3 Å². The van der Waals surface area contributed by atoms with Crippen LogP contribution in [0.2, 0.25) is 0 Å². The zero-order chi connectivity index (χ0) is 8.53. The molecule has 1 amide bonds. The van der Waals surface area contributed by atoms with Crippen LogP contribution in [0.1, 0.15) is 25.7 Å². The smallest absolute Gasteiger partial charge is 0.243 e. The molecule has 0 radical (unpaired) electrons. The van der Waals surface area contributed by atoms with Crippen LogP contribution in [0.3, 0.4) is 0 Å². The molecule has 0 fully saturated rings. The van der Waals surface area contributed by atoms with Crippen molar-refractivity contribution in [1.82, 2.24) is 5.48 Å². The monoisotopic (exact) mass is 179 g/mol. The number of alkyl halides is 1. The van der Waals surface area contributed by atoms with Gasteiger partial charge in [0.2, 0.25) is 5.91 Å². The number of carbonyl (C=O) groups excluding carboxylic acids is 1. The first-order valence-electron chi connectivity index (χ1n) is 3.69. The van der Waals surface area contributed by atoms with E-state index >= 15 is 0 Å². The lowest BCUT2D eigenvalue weighted by atomic mass is 10.2. The number of carbonyl (C=O) groups is 1. The normalized spacial score (nSPS) is 9.64. The summed E-state index contributed by atoms with van der Waals surface area (Å²) < 4.78 is 0. The molecule has 0 aromatic carbocycles. The Bertz CT molecular complexity index is 109. The van der Waals surface area contributed by atoms with Gasteiger partial charge in [0.05, 0.1) is 7.11 Å². The van der Waals surface area contributed by atoms with E-state index in [0.29, 0.717) is 12.3 Å². The molecule has 0 saturated heterocycles. The highest BCUT2D eigenvalue weighted by atomic mass is 35.5. The van der Waals surface area contributed by atoms with Gasteiger partial charge in [0.25, 0.3) is 0 Å². The fourth-order valence-corrected chi connectivity index (χ4v) is 0.911. The second-order valence-corrected chi connectivity index (χ2v) is 2.61. The Morgan fingerprint density at radius 1 is 1.45 bits per heavy atom. The zero-order valence-corrected chi connectivity index (χ0v) is 7.49. The first-order valence-corrected chi connectivity index (χ1v) is 4.22. The third kappa shape index (κ3) is 7.62. The second kappa shape index (κ2) is 7.82. The Kier molecular flexibility index (Phi) is 7.62. The van der Waals surface area contributed by atoms with Gasteiger partial charge in [-0.2, -0.15) is 0 Å². The summed E-state index contributed by atoms with van der Waals surface area (Å²) in [6.07, 6.45) is 3.37. The molecule has 66 valence electrons. The number of hydrogen-bond donors (Lipinski definition) is 1. The molecular weight excluding hydrogens is 166 g/mol. The van der Waals surface area contributed by atoms with Crippen molar-refractivity contribution in [3.63, 3.8) is 0 Å². The van der Waals surface area contributed by atoms with Crippen LogP contribution in [0.15, 0.2) is 0 Å². The highest BCUT2D eigenvalue weighted by Crippen LogP contribution is 2.00. The van der Waals surface area contributed by atoms with Crippen molar-refractivity contribution in [3.8, 4) is 0 Å². The van der Waals surface area contributed by atoms with Crippen molar-refractivity contribution < 1.29 is 9.63 Å². The van der Waals surface area contributed by atoms with E-state index in [-0.39, 0.29) is 5.91 Å². The van der Waals surface area contributed by atoms with Crippen LogP contribution < -0.4 is 5.48 Å². The summed E-state index contributed by atoms with van der Waals surface area (Å²) in [5, 5.41) is 0. The standard InChI is InChI=1S/C7H14ClNO2/c1-11-9-7(10)5-3-2-4-6-8/h2-6H2,1H3,(H,9,10). The van der Waals surface area contributed by atoms with E-state index in [1.54, 1.807) is 0 Å². The van der Waals surface area contributed by atoms with Gasteiger partial charge in [-0.1, -0.05) is 6.42 Å². The van der Waals surface area contributed by atoms with Crippen molar-refractivity contribution in [1.29, 1.82) is 0 Å². The van der Waals surface area contributed by atoms with Crippen molar-refractivity contribution in [2.45, 2.75) is 25.7 Å². The number of unbranched alkanes of at least 4 members (excludes halogenated alkanes) is 2. The van der Waals surface area contributed by atoms with Gasteiger partial charge in [-0.05, 0) is 12.8 Å². The highest BCUT2D eigenvalue weighted by molar-refractivity contribution is 6.17. The van der Waals surface area contributed by atoms with Gasteiger partial charge in [0, 0.05) is 12.3 Å². The lowest BCUT2D eigenvalue weighted by molar-refractivity contribution is -0.131. The number of hydrogen-bond acceptors (Lipinski definition) is 2. The summed E-state index contributed by atoms with van der Waals surface area (Å²) in [5.41, 5.74) is 2.25. The first kappa shape index (κ1) is 10.7. The topological polar surface area (TPSA) is 38.3 Å². The van der Waals surface area contributed by atoms with Crippen LogP contribution in [-0.2, 0) is 9.63 Å². The van der Waals surface area contributed by atoms with Crippen LogP contribution >= 0.6 is 11.6 Å². The fraction of sp³-hybridized carbons (Fsp3) is 0.857. The summed E-state index contributed by atoms with van der Waals surface area (Å²) in [5.74, 6) is 0.605. The molecule has 1 N–H and O–H groups in total. The number of halogens is 1. The van der Waals surface area contributed by atoms with E-state index < -0.39 is 0 Å². The molecule has 0 heterocycles. The van der Waals surface area contributed by atoms with Crippen molar-refractivity contribution in [2.75, 3.05) is 13.0 Å². The highest BCUT2D eigenvalue weighted by Gasteiger charge is 1.98. The molecule has 3 nitrogen and oxygen atoms in total. The average molecular weight is 180 g/mol. The molecule has 0 aliphatic heterocycles. The Morgan fingerprint density at radius 3 is 2.73 bits per heavy atom. The molecule has 0 atom stereocenters. The summed E-state index contributed by atoms with van der Waals surface area (Å²) in [6, 6.07) is 0. The molecule has 0 spiro atoms. The van der Waals surface area contributed by atoms with Gasteiger partial charge in [0.15, 0.2) is 0 Å². The largest absolute Gasteiger partial charge is 0.277 e. The predicted octanol–water partition coefficient (Wildman–Crippen LogP) is 1.46. The third-order valence-corrected chi connectivity index (χ3v) is 1.52. The van der Waals surface area contributed by atoms with Gasteiger partial charge in [-0.3, -0.25) is 9.63 Å². The van der Waals surface area contributed by atoms with Crippen molar-refractivity contribution in [3.05, 3.63) is 0 Å². The van der Waals surface area contributed by atoms with Gasteiger partial charge in [-0.15, -0.1) is 11.6 Å². The summed E-state index contributed by atoms with van der Waals surface area (Å²) >= 11 is 5.45. The summed E-state index contributed by atoms with van der Waals surface area (Å²) in [4.78, 5) is 15.2. The lowest BCUT2D eigenvalue weighted by Crippen LogP contribution is -2.21. The minimum absolute atomic E-state index is 0.0675. The van der Waals surface area contributed by atoms with Crippen LogP contribution in [0.25, 0.3) is 0 Å². The average Bonchev–Trinajstić information content (AvgIpc) is 1.99. The Hall–Kier alpha value is -0.280. The molecule has 0 saturated carbocycles. The maximum Gasteiger partial charge on any atom is 0.243 e. The number of rotatable bonds is 6. The minimum Gasteiger partial charge on any atom is -0.277 e. The van der Waals surface area contributed by atoms with E-state index in [2.05, 4.69) is 10.3 Å². The molecular formula is C7H14ClNO2. The molecule has 0 aromatic heterocycles. The molecule has 0 rings (SSSR count). The lowest BCUT2D eigenvalue weighted by Gasteiger charge is -2.00. The molecule has 0 aliphatic carbocycles. The van der Waals surface area contributed by atoms with Gasteiger partial charge >= 0.3 is 0 Å². The second-order valence-electron chi connectivity index (χ2n) is 2.23. The van der Waals surface area contributed by atoms with Crippen molar-refractivity contribution in [2.24, 2.45) is 0 Å². The molecule has 0 unspecified atom stereocenters. The Labute approximate surface area is 72.0 Å². The van der Waals surface area contributed by atoms with E-state index in [9.17, 15) is 4.79 Å². The van der Waals surface area contributed by atoms with Gasteiger partial charge in [0.1, 0.15) is 0 Å². The maximum absolute atomic E-state index is 10.7. The number of hydroxylamine groups is 1. The quantitative estimate of drug-likeness (QED) is 0.381. The Balaban J connectivity index is 3.04. The SMILES string of the molecule is CONC(=O)CCCCCCl. The van der Waals surface area contributed by atoms with Gasteiger partial charge < -0.3 is 0 Å². The molecule has 0 aliphatic rings. The minimum atomic E-state index is -0.0675. The Morgan fingerprint density at radius 2 is 2.18 bits per heavy atom. The predicted molar refractivity (Wildman–Crippen MR) is 44.3 cm³/mol. The summed E-state index contributed by atoms with van der Waals surface area (Å²) in [7, 11) is 1.43. The van der Waals surface area contributed by atoms with E-state index in [1.807, 2.05) is 0 Å². The molecule has 0 bridgehead atoms. The van der Waals surface area contributed by atoms with Crippen molar-refractivity contribution >= 4 is 17.5 Å². The molecule has 4 heteroatoms. The van der Waals surface area contributed by atoms with Crippen LogP contribution in [0, 0.1) is 0 Å². The van der Waals surface area contributed by atoms with Crippen LogP contribution in [0.4, 0.5) is 0 Å². The summed E-state index contributed by atoms with van der Waals surface area (Å²) in [6.45, 7) is 0. The molecule has 11 heavy (non-hydrogen) atoms. The maximum atomic E-state index is 10.7. The zero-order valence-electron chi connectivity index (χ0n) is 6.73.